The highest BCUT2D eigenvalue weighted by atomic mass is 19.4. The maximum Gasteiger partial charge on any atom is 0.416 e. The number of aliphatic hydroxyl groups is 1. The number of rotatable bonds is 5. The van der Waals surface area contributed by atoms with Crippen molar-refractivity contribution in [2.75, 3.05) is 5.73 Å². The number of hydrogen-bond donors (Lipinski definition) is 3. The maximum atomic E-state index is 13.2. The standard InChI is InChI=1S/C28H25F3N4O3/c1-27(38,17-3-2-4-18(13-17)28(29,30)31)16-7-5-14(6-8-16)22-23-24(32)33-9-10-35(23)25(34-22)15-11-19-20(12-15)21(19)26(36)37/h2-10,13,15,19-21,38H,11-12H2,1H3,(H2,32,33)(H,36,37)/t15-,19-,20+,21+,27?. The van der Waals surface area contributed by atoms with Crippen molar-refractivity contribution in [1.82, 2.24) is 14.4 Å². The second-order valence-corrected chi connectivity index (χ2v) is 10.4. The molecule has 4 N–H and O–H groups in total. The number of imidazole rings is 1. The number of anilines is 1. The van der Waals surface area contributed by atoms with Crippen molar-refractivity contribution >= 4 is 17.3 Å². The average molecular weight is 523 g/mol. The lowest BCUT2D eigenvalue weighted by atomic mass is 9.87. The van der Waals surface area contributed by atoms with Crippen molar-refractivity contribution in [3.05, 3.63) is 83.4 Å². The van der Waals surface area contributed by atoms with Gasteiger partial charge in [0, 0.05) is 23.9 Å². The van der Waals surface area contributed by atoms with Crippen LogP contribution >= 0.6 is 0 Å². The van der Waals surface area contributed by atoms with Crippen LogP contribution in [0.1, 0.15) is 48.2 Å². The lowest BCUT2D eigenvalue weighted by Crippen LogP contribution is -2.23. The third kappa shape index (κ3) is 3.82. The minimum absolute atomic E-state index is 0.101. The summed E-state index contributed by atoms with van der Waals surface area (Å²) in [6, 6.07) is 11.5. The summed E-state index contributed by atoms with van der Waals surface area (Å²) in [4.78, 5) is 20.5. The zero-order valence-corrected chi connectivity index (χ0v) is 20.4. The number of hydrogen-bond acceptors (Lipinski definition) is 5. The van der Waals surface area contributed by atoms with E-state index in [0.29, 0.717) is 28.2 Å². The molecule has 4 aromatic rings. The highest BCUT2D eigenvalue weighted by Gasteiger charge is 2.60. The molecule has 0 spiro atoms. The first-order chi connectivity index (χ1) is 18.0. The predicted molar refractivity (Wildman–Crippen MR) is 133 cm³/mol. The second kappa shape index (κ2) is 8.29. The van der Waals surface area contributed by atoms with Gasteiger partial charge in [0.2, 0.25) is 0 Å². The van der Waals surface area contributed by atoms with Gasteiger partial charge in [-0.3, -0.25) is 9.20 Å². The van der Waals surface area contributed by atoms with Crippen molar-refractivity contribution in [3.63, 3.8) is 0 Å². The fraction of sp³-hybridized carbons (Fsp3) is 0.321. The van der Waals surface area contributed by atoms with Crippen molar-refractivity contribution in [2.24, 2.45) is 17.8 Å². The van der Waals surface area contributed by atoms with Gasteiger partial charge in [-0.1, -0.05) is 36.4 Å². The molecule has 2 aliphatic rings. The number of aromatic nitrogens is 3. The smallest absolute Gasteiger partial charge is 0.416 e. The predicted octanol–water partition coefficient (Wildman–Crippen LogP) is 5.08. The topological polar surface area (TPSA) is 114 Å². The number of nitrogens with two attached hydrogens (primary N) is 1. The van der Waals surface area contributed by atoms with Crippen LogP contribution in [0.2, 0.25) is 0 Å². The number of halogens is 3. The summed E-state index contributed by atoms with van der Waals surface area (Å²) >= 11 is 0. The van der Waals surface area contributed by atoms with Crippen LogP contribution in [-0.2, 0) is 16.6 Å². The van der Waals surface area contributed by atoms with E-state index >= 15 is 0 Å². The van der Waals surface area contributed by atoms with Gasteiger partial charge in [-0.15, -0.1) is 0 Å². The van der Waals surface area contributed by atoms with Crippen molar-refractivity contribution in [3.8, 4) is 11.3 Å². The Morgan fingerprint density at radius 3 is 2.34 bits per heavy atom. The van der Waals surface area contributed by atoms with Crippen LogP contribution in [0.3, 0.4) is 0 Å². The van der Waals surface area contributed by atoms with Gasteiger partial charge in [-0.05, 0) is 54.9 Å². The molecule has 38 heavy (non-hydrogen) atoms. The molecule has 2 saturated carbocycles. The van der Waals surface area contributed by atoms with E-state index < -0.39 is 23.3 Å². The molecular formula is C28H25F3N4O3. The quantitative estimate of drug-likeness (QED) is 0.337. The Balaban J connectivity index is 1.34. The van der Waals surface area contributed by atoms with Crippen LogP contribution in [0, 0.1) is 17.8 Å². The SMILES string of the molecule is CC(O)(c1ccc(-c2nc([C@@H]3C[C@@H]4[C@H](C3)[C@H]4C(=O)O)n3ccnc(N)c23)cc1)c1cccc(C(F)(F)F)c1. The van der Waals surface area contributed by atoms with Gasteiger partial charge in [0.1, 0.15) is 28.5 Å². The summed E-state index contributed by atoms with van der Waals surface area (Å²) in [6.07, 6.45) is 0.381. The third-order valence-corrected chi connectivity index (χ3v) is 8.18. The molecule has 196 valence electrons. The zero-order valence-electron chi connectivity index (χ0n) is 20.4. The van der Waals surface area contributed by atoms with Crippen LogP contribution in [0.5, 0.6) is 0 Å². The van der Waals surface area contributed by atoms with E-state index in [-0.39, 0.29) is 29.2 Å². The molecule has 1 unspecified atom stereocenters. The summed E-state index contributed by atoms with van der Waals surface area (Å²) in [5.74, 6) is 0.551. The van der Waals surface area contributed by atoms with Gasteiger partial charge in [-0.2, -0.15) is 13.2 Å². The molecule has 10 heteroatoms. The van der Waals surface area contributed by atoms with Gasteiger partial charge >= 0.3 is 12.1 Å². The van der Waals surface area contributed by atoms with E-state index in [1.165, 1.54) is 19.1 Å². The normalized spacial score (nSPS) is 24.2. The Bertz CT molecular complexity index is 1550. The molecular weight excluding hydrogens is 497 g/mol. The van der Waals surface area contributed by atoms with Gasteiger partial charge < -0.3 is 15.9 Å². The monoisotopic (exact) mass is 522 g/mol. The van der Waals surface area contributed by atoms with E-state index in [1.54, 1.807) is 36.7 Å². The van der Waals surface area contributed by atoms with E-state index in [0.717, 1.165) is 30.8 Å². The van der Waals surface area contributed by atoms with Crippen LogP contribution in [-0.4, -0.2) is 30.6 Å². The number of carboxylic acids is 1. The number of carbonyl (C=O) groups is 1. The lowest BCUT2D eigenvalue weighted by molar-refractivity contribution is -0.139. The molecule has 6 rings (SSSR count). The molecule has 5 atom stereocenters. The number of benzene rings is 2. The van der Waals surface area contributed by atoms with Crippen LogP contribution < -0.4 is 5.73 Å². The average Bonchev–Trinajstić information content (AvgIpc) is 3.20. The van der Waals surface area contributed by atoms with Gasteiger partial charge in [0.15, 0.2) is 0 Å². The lowest BCUT2D eigenvalue weighted by Gasteiger charge is -2.25. The van der Waals surface area contributed by atoms with Crippen molar-refractivity contribution in [1.29, 1.82) is 0 Å². The molecule has 0 radical (unpaired) electrons. The Labute approximate surface area is 215 Å². The van der Waals surface area contributed by atoms with E-state index in [4.69, 9.17) is 10.7 Å². The molecule has 2 aromatic carbocycles. The molecule has 7 nitrogen and oxygen atoms in total. The Kier molecular flexibility index (Phi) is 5.33. The summed E-state index contributed by atoms with van der Waals surface area (Å²) in [5, 5.41) is 20.6. The molecule has 0 bridgehead atoms. The summed E-state index contributed by atoms with van der Waals surface area (Å²) in [7, 11) is 0. The molecule has 2 aromatic heterocycles. The molecule has 0 amide bonds. The Morgan fingerprint density at radius 2 is 1.71 bits per heavy atom. The van der Waals surface area contributed by atoms with Gasteiger partial charge in [-0.25, -0.2) is 9.97 Å². The molecule has 0 saturated heterocycles. The van der Waals surface area contributed by atoms with E-state index in [2.05, 4.69) is 4.98 Å². The second-order valence-electron chi connectivity index (χ2n) is 10.4. The van der Waals surface area contributed by atoms with E-state index in [9.17, 15) is 28.2 Å². The largest absolute Gasteiger partial charge is 0.481 e. The van der Waals surface area contributed by atoms with Crippen molar-refractivity contribution in [2.45, 2.75) is 37.5 Å². The Morgan fingerprint density at radius 1 is 1.05 bits per heavy atom. The van der Waals surface area contributed by atoms with Gasteiger partial charge in [0.05, 0.1) is 11.5 Å². The maximum absolute atomic E-state index is 13.2. The van der Waals surface area contributed by atoms with Crippen molar-refractivity contribution < 1.29 is 28.2 Å². The van der Waals surface area contributed by atoms with Crippen LogP contribution in [0.15, 0.2) is 60.9 Å². The third-order valence-electron chi connectivity index (χ3n) is 8.18. The first-order valence-corrected chi connectivity index (χ1v) is 12.3. The number of aliphatic carboxylic acids is 1. The summed E-state index contributed by atoms with van der Waals surface area (Å²) < 4.78 is 41.6. The number of alkyl halides is 3. The first-order valence-electron chi connectivity index (χ1n) is 12.3. The Hall–Kier alpha value is -3.92. The summed E-state index contributed by atoms with van der Waals surface area (Å²) in [5.41, 5.74) is 6.26. The van der Waals surface area contributed by atoms with E-state index in [1.807, 2.05) is 4.40 Å². The number of nitrogen functional groups attached to an aromatic ring is 1. The highest BCUT2D eigenvalue weighted by Crippen LogP contribution is 2.62. The molecule has 0 aliphatic heterocycles. The molecule has 2 aliphatic carbocycles. The molecule has 2 fully saturated rings. The van der Waals surface area contributed by atoms with Gasteiger partial charge in [0.25, 0.3) is 0 Å². The highest BCUT2D eigenvalue weighted by molar-refractivity contribution is 5.85. The number of fused-ring (bicyclic) bond motifs is 2. The van der Waals surface area contributed by atoms with Crippen LogP contribution in [0.4, 0.5) is 19.0 Å². The zero-order chi connectivity index (χ0) is 27.0. The number of nitrogens with zero attached hydrogens (tertiary/aromatic N) is 3. The fourth-order valence-electron chi connectivity index (χ4n) is 6.11. The minimum atomic E-state index is -4.52. The van der Waals surface area contributed by atoms with Crippen LogP contribution in [0.25, 0.3) is 16.8 Å². The molecule has 2 heterocycles. The fourth-order valence-corrected chi connectivity index (χ4v) is 6.11. The number of carboxylic acid groups (broad SMARTS) is 1. The summed E-state index contributed by atoms with van der Waals surface area (Å²) in [6.45, 7) is 1.46. The first kappa shape index (κ1) is 24.4. The minimum Gasteiger partial charge on any atom is -0.481 e.